The van der Waals surface area contributed by atoms with Crippen molar-refractivity contribution in [2.75, 3.05) is 19.0 Å². The van der Waals surface area contributed by atoms with Crippen LogP contribution in [0.15, 0.2) is 36.4 Å². The molecule has 3 amide bonds. The third kappa shape index (κ3) is 4.97. The Morgan fingerprint density at radius 3 is 1.97 bits per heavy atom. The zero-order valence-corrected chi connectivity index (χ0v) is 17.1. The maximum Gasteiger partial charge on any atom is 0.338 e. The molecule has 2 aromatic rings. The summed E-state index contributed by atoms with van der Waals surface area (Å²) in [6, 6.07) is 5.12. The van der Waals surface area contributed by atoms with E-state index < -0.39 is 46.5 Å². The number of carbonyl (C=O) groups excluding carboxylic acids is 3. The van der Waals surface area contributed by atoms with Crippen molar-refractivity contribution >= 4 is 23.6 Å². The number of rotatable bonds is 3. The molecule has 2 aromatic carbocycles. The Bertz CT molecular complexity index is 982. The van der Waals surface area contributed by atoms with Gasteiger partial charge in [0.25, 0.3) is 5.91 Å². The summed E-state index contributed by atoms with van der Waals surface area (Å²) < 4.78 is 47.4. The molecule has 0 saturated heterocycles. The summed E-state index contributed by atoms with van der Waals surface area (Å²) in [7, 11) is 2.19. The number of carbonyl (C=O) groups is 3. The van der Waals surface area contributed by atoms with Gasteiger partial charge in [-0.3, -0.25) is 14.6 Å². The predicted octanol–water partition coefficient (Wildman–Crippen LogP) is 4.39. The highest BCUT2D eigenvalue weighted by Crippen LogP contribution is 2.23. The maximum absolute atomic E-state index is 14.5. The van der Waals surface area contributed by atoms with Crippen molar-refractivity contribution < 1.29 is 32.3 Å². The highest BCUT2D eigenvalue weighted by Gasteiger charge is 2.28. The lowest BCUT2D eigenvalue weighted by molar-refractivity contribution is 0.00688. The van der Waals surface area contributed by atoms with E-state index in [0.29, 0.717) is 4.90 Å². The molecule has 0 heterocycles. The fourth-order valence-corrected chi connectivity index (χ4v) is 2.53. The third-order valence-corrected chi connectivity index (χ3v) is 4.00. The van der Waals surface area contributed by atoms with Crippen LogP contribution in [0.5, 0.6) is 0 Å². The number of ether oxygens (including phenoxy) is 1. The monoisotopic (exact) mass is 422 g/mol. The van der Waals surface area contributed by atoms with Gasteiger partial charge in [0.05, 0.1) is 11.3 Å². The van der Waals surface area contributed by atoms with Gasteiger partial charge in [0.2, 0.25) is 0 Å². The summed E-state index contributed by atoms with van der Waals surface area (Å²) in [6.45, 7) is 4.98. The third-order valence-electron chi connectivity index (χ3n) is 4.00. The van der Waals surface area contributed by atoms with Gasteiger partial charge in [-0.2, -0.15) is 0 Å². The minimum atomic E-state index is -1.23. The second-order valence-electron chi connectivity index (χ2n) is 7.47. The molecule has 0 bridgehead atoms. The minimum absolute atomic E-state index is 0.0649. The van der Waals surface area contributed by atoms with Gasteiger partial charge in [0.15, 0.2) is 0 Å². The van der Waals surface area contributed by atoms with Crippen LogP contribution < -0.4 is 4.90 Å². The van der Waals surface area contributed by atoms with Crippen LogP contribution in [0.2, 0.25) is 0 Å². The van der Waals surface area contributed by atoms with E-state index in [9.17, 15) is 27.6 Å². The normalized spacial score (nSPS) is 11.1. The van der Waals surface area contributed by atoms with E-state index >= 15 is 0 Å². The van der Waals surface area contributed by atoms with Crippen LogP contribution in [0.4, 0.5) is 23.7 Å². The lowest BCUT2D eigenvalue weighted by Gasteiger charge is -2.24. The van der Waals surface area contributed by atoms with Gasteiger partial charge in [0, 0.05) is 14.1 Å². The minimum Gasteiger partial charge on any atom is -0.456 e. The standard InChI is InChI=1S/C21H21F3N2O4/c1-21(2,3)30-19(28)12-9-10-16(15(24)11-12)25(4)20(29)26(5)18(27)17-13(22)7-6-8-14(17)23/h6-11H,1-5H3. The summed E-state index contributed by atoms with van der Waals surface area (Å²) in [5, 5.41) is 0. The molecule has 0 aliphatic carbocycles. The van der Waals surface area contributed by atoms with Gasteiger partial charge in [-0.15, -0.1) is 0 Å². The van der Waals surface area contributed by atoms with Crippen LogP contribution in [0.3, 0.4) is 0 Å². The number of anilines is 1. The molecule has 0 N–H and O–H groups in total. The molecule has 0 radical (unpaired) electrons. The van der Waals surface area contributed by atoms with Crippen molar-refractivity contribution in [3.05, 3.63) is 65.0 Å². The zero-order valence-electron chi connectivity index (χ0n) is 17.1. The van der Waals surface area contributed by atoms with Crippen molar-refractivity contribution in [2.45, 2.75) is 26.4 Å². The Labute approximate surface area is 171 Å². The molecule has 6 nitrogen and oxygen atoms in total. The Morgan fingerprint density at radius 2 is 1.47 bits per heavy atom. The lowest BCUT2D eigenvalue weighted by atomic mass is 10.1. The molecule has 160 valence electrons. The van der Waals surface area contributed by atoms with Gasteiger partial charge < -0.3 is 4.74 Å². The van der Waals surface area contributed by atoms with Crippen LogP contribution in [-0.2, 0) is 4.74 Å². The Balaban J connectivity index is 2.25. The molecule has 0 spiro atoms. The summed E-state index contributed by atoms with van der Waals surface area (Å²) in [5.74, 6) is -5.16. The molecule has 9 heteroatoms. The van der Waals surface area contributed by atoms with Gasteiger partial charge in [-0.05, 0) is 51.1 Å². The van der Waals surface area contributed by atoms with Crippen molar-refractivity contribution in [2.24, 2.45) is 0 Å². The summed E-state index contributed by atoms with van der Waals surface area (Å²) >= 11 is 0. The Kier molecular flexibility index (Phi) is 6.54. The number of esters is 1. The first kappa shape index (κ1) is 22.9. The number of urea groups is 1. The molecular formula is C21H21F3N2O4. The van der Waals surface area contributed by atoms with Crippen LogP contribution in [0.25, 0.3) is 0 Å². The molecule has 0 aliphatic rings. The van der Waals surface area contributed by atoms with Crippen LogP contribution in [-0.4, -0.2) is 42.5 Å². The molecule has 0 unspecified atom stereocenters. The van der Waals surface area contributed by atoms with Crippen molar-refractivity contribution in [3.8, 4) is 0 Å². The highest BCUT2D eigenvalue weighted by atomic mass is 19.1. The first-order valence-electron chi connectivity index (χ1n) is 8.86. The SMILES string of the molecule is CN(C(=O)c1c(F)cccc1F)C(=O)N(C)c1ccc(C(=O)OC(C)(C)C)cc1F. The van der Waals surface area contributed by atoms with Gasteiger partial charge in [0.1, 0.15) is 28.6 Å². The number of halogens is 3. The highest BCUT2D eigenvalue weighted by molar-refractivity contribution is 6.08. The van der Waals surface area contributed by atoms with E-state index in [4.69, 9.17) is 4.74 Å². The molecular weight excluding hydrogens is 401 g/mol. The number of hydrogen-bond donors (Lipinski definition) is 0. The van der Waals surface area contributed by atoms with Gasteiger partial charge in [-0.25, -0.2) is 22.8 Å². The molecule has 0 atom stereocenters. The fraction of sp³-hybridized carbons (Fsp3) is 0.286. The summed E-state index contributed by atoms with van der Waals surface area (Å²) in [5.41, 5.74) is -1.99. The number of nitrogens with zero attached hydrogens (tertiary/aromatic N) is 2. The number of imide groups is 1. The average Bonchev–Trinajstić information content (AvgIpc) is 2.64. The van der Waals surface area contributed by atoms with E-state index in [-0.39, 0.29) is 11.3 Å². The van der Waals surface area contributed by atoms with Crippen LogP contribution in [0.1, 0.15) is 41.5 Å². The molecule has 30 heavy (non-hydrogen) atoms. The van der Waals surface area contributed by atoms with Crippen molar-refractivity contribution in [1.82, 2.24) is 4.90 Å². The zero-order chi connectivity index (χ0) is 22.8. The lowest BCUT2D eigenvalue weighted by Crippen LogP contribution is -2.43. The fourth-order valence-electron chi connectivity index (χ4n) is 2.53. The van der Waals surface area contributed by atoms with Crippen molar-refractivity contribution in [3.63, 3.8) is 0 Å². The first-order valence-corrected chi connectivity index (χ1v) is 8.86. The molecule has 0 aliphatic heterocycles. The van der Waals surface area contributed by atoms with Crippen LogP contribution >= 0.6 is 0 Å². The largest absolute Gasteiger partial charge is 0.456 e. The number of amides is 3. The topological polar surface area (TPSA) is 66.9 Å². The second kappa shape index (κ2) is 8.56. The van der Waals surface area contributed by atoms with Crippen LogP contribution in [0, 0.1) is 17.5 Å². The van der Waals surface area contributed by atoms with Crippen molar-refractivity contribution in [1.29, 1.82) is 0 Å². The predicted molar refractivity (Wildman–Crippen MR) is 104 cm³/mol. The van der Waals surface area contributed by atoms with Gasteiger partial charge >= 0.3 is 12.0 Å². The van der Waals surface area contributed by atoms with E-state index in [1.54, 1.807) is 20.8 Å². The molecule has 2 rings (SSSR count). The quantitative estimate of drug-likeness (QED) is 0.689. The van der Waals surface area contributed by atoms with E-state index in [1.165, 1.54) is 13.1 Å². The second-order valence-corrected chi connectivity index (χ2v) is 7.47. The molecule has 0 aromatic heterocycles. The smallest absolute Gasteiger partial charge is 0.338 e. The first-order chi connectivity index (χ1) is 13.8. The number of hydrogen-bond acceptors (Lipinski definition) is 4. The van der Waals surface area contributed by atoms with Gasteiger partial charge in [-0.1, -0.05) is 6.07 Å². The van der Waals surface area contributed by atoms with E-state index in [2.05, 4.69) is 0 Å². The molecule has 0 saturated carbocycles. The van der Waals surface area contributed by atoms with E-state index in [1.807, 2.05) is 0 Å². The number of benzene rings is 2. The summed E-state index contributed by atoms with van der Waals surface area (Å²) in [4.78, 5) is 38.2. The summed E-state index contributed by atoms with van der Waals surface area (Å²) in [6.07, 6.45) is 0. The maximum atomic E-state index is 14.5. The average molecular weight is 422 g/mol. The Morgan fingerprint density at radius 1 is 0.900 bits per heavy atom. The Hall–Kier alpha value is -3.36. The molecule has 0 fully saturated rings. The van der Waals surface area contributed by atoms with E-state index in [0.717, 1.165) is 42.3 Å².